The molecule has 112 valence electrons. The largest absolute Gasteiger partial charge is 0.371 e. The first-order valence-electron chi connectivity index (χ1n) is 8.08. The van der Waals surface area contributed by atoms with Crippen LogP contribution in [0.4, 0.5) is 11.4 Å². The molecule has 2 fully saturated rings. The zero-order valence-electron chi connectivity index (χ0n) is 12.7. The van der Waals surface area contributed by atoms with Crippen molar-refractivity contribution in [1.82, 2.24) is 4.90 Å². The zero-order chi connectivity index (χ0) is 14.4. The summed E-state index contributed by atoms with van der Waals surface area (Å²) < 4.78 is 0. The Kier molecular flexibility index (Phi) is 2.96. The lowest BCUT2D eigenvalue weighted by atomic mass is 9.74. The first-order valence-corrected chi connectivity index (χ1v) is 8.08. The average Bonchev–Trinajstić information content (AvgIpc) is 3.10. The normalized spacial score (nSPS) is 24.4. The molecule has 2 saturated heterocycles. The van der Waals surface area contributed by atoms with E-state index >= 15 is 0 Å². The van der Waals surface area contributed by atoms with Gasteiger partial charge in [0, 0.05) is 24.5 Å². The molecule has 4 heteroatoms. The average molecular weight is 285 g/mol. The number of hydrogen-bond donors (Lipinski definition) is 1. The molecule has 0 aromatic heterocycles. The number of carbonyl (C=O) groups is 1. The van der Waals surface area contributed by atoms with Crippen molar-refractivity contribution < 1.29 is 4.79 Å². The number of fused-ring (bicyclic) bond motifs is 2. The number of piperidine rings is 1. The first-order chi connectivity index (χ1) is 10.2. The van der Waals surface area contributed by atoms with Crippen LogP contribution in [0, 0.1) is 0 Å². The van der Waals surface area contributed by atoms with Crippen LogP contribution in [-0.2, 0) is 10.2 Å². The van der Waals surface area contributed by atoms with Gasteiger partial charge in [0.15, 0.2) is 0 Å². The van der Waals surface area contributed by atoms with Crippen molar-refractivity contribution in [2.45, 2.75) is 31.1 Å². The molecule has 0 saturated carbocycles. The lowest BCUT2D eigenvalue weighted by Gasteiger charge is -2.36. The van der Waals surface area contributed by atoms with Crippen molar-refractivity contribution in [3.05, 3.63) is 23.8 Å². The number of rotatable bonds is 1. The molecule has 3 aliphatic rings. The fraction of sp³-hybridized carbons (Fsp3) is 0.588. The van der Waals surface area contributed by atoms with Gasteiger partial charge in [0.1, 0.15) is 0 Å². The highest BCUT2D eigenvalue weighted by molar-refractivity contribution is 6.06. The number of nitrogens with zero attached hydrogens (tertiary/aromatic N) is 2. The molecule has 0 bridgehead atoms. The minimum absolute atomic E-state index is 0.212. The Morgan fingerprint density at radius 3 is 2.52 bits per heavy atom. The van der Waals surface area contributed by atoms with Crippen LogP contribution in [0.15, 0.2) is 18.2 Å². The van der Waals surface area contributed by atoms with Crippen molar-refractivity contribution >= 4 is 17.3 Å². The SMILES string of the molecule is CN1CCC2(CC1)C(=O)Nc1cc(N3CCCC3)ccc12. The third kappa shape index (κ3) is 1.96. The minimum Gasteiger partial charge on any atom is -0.371 e. The van der Waals surface area contributed by atoms with Crippen LogP contribution in [0.2, 0.25) is 0 Å². The summed E-state index contributed by atoms with van der Waals surface area (Å²) in [7, 11) is 2.14. The van der Waals surface area contributed by atoms with Gasteiger partial charge < -0.3 is 15.1 Å². The first kappa shape index (κ1) is 13.1. The summed E-state index contributed by atoms with van der Waals surface area (Å²) >= 11 is 0. The third-order valence-electron chi connectivity index (χ3n) is 5.51. The van der Waals surface area contributed by atoms with Gasteiger partial charge >= 0.3 is 0 Å². The molecule has 3 heterocycles. The second-order valence-electron chi connectivity index (χ2n) is 6.76. The maximum atomic E-state index is 12.6. The standard InChI is InChI=1S/C17H23N3O/c1-19-10-6-17(7-11-19)14-5-4-13(20-8-2-3-9-20)12-15(14)18-16(17)21/h4-5,12H,2-3,6-11H2,1H3,(H,18,21). The number of benzene rings is 1. The number of likely N-dealkylation sites (tertiary alicyclic amines) is 1. The van der Waals surface area contributed by atoms with Gasteiger partial charge in [0.05, 0.1) is 5.41 Å². The molecule has 4 nitrogen and oxygen atoms in total. The van der Waals surface area contributed by atoms with Crippen molar-refractivity contribution in [1.29, 1.82) is 0 Å². The predicted octanol–water partition coefficient (Wildman–Crippen LogP) is 2.20. The second-order valence-corrected chi connectivity index (χ2v) is 6.76. The Balaban J connectivity index is 1.68. The highest BCUT2D eigenvalue weighted by Gasteiger charge is 2.48. The fourth-order valence-electron chi connectivity index (χ4n) is 4.09. The van der Waals surface area contributed by atoms with Gasteiger partial charge in [-0.05, 0) is 63.5 Å². The van der Waals surface area contributed by atoms with Gasteiger partial charge in [-0.15, -0.1) is 0 Å². The Bertz CT molecular complexity index is 569. The van der Waals surface area contributed by atoms with E-state index in [-0.39, 0.29) is 11.3 Å². The summed E-state index contributed by atoms with van der Waals surface area (Å²) in [5, 5.41) is 3.15. The molecular formula is C17H23N3O. The van der Waals surface area contributed by atoms with Crippen LogP contribution < -0.4 is 10.2 Å². The van der Waals surface area contributed by atoms with E-state index in [9.17, 15) is 4.79 Å². The van der Waals surface area contributed by atoms with Crippen LogP contribution in [0.3, 0.4) is 0 Å². The van der Waals surface area contributed by atoms with E-state index in [1.807, 2.05) is 0 Å². The molecule has 4 rings (SSSR count). The van der Waals surface area contributed by atoms with Gasteiger partial charge in [0.25, 0.3) is 0 Å². The molecule has 1 amide bonds. The summed E-state index contributed by atoms with van der Waals surface area (Å²) in [4.78, 5) is 17.3. The number of anilines is 2. The van der Waals surface area contributed by atoms with Crippen LogP contribution >= 0.6 is 0 Å². The van der Waals surface area contributed by atoms with Crippen LogP contribution in [-0.4, -0.2) is 44.0 Å². The lowest BCUT2D eigenvalue weighted by Crippen LogP contribution is -2.45. The molecule has 0 radical (unpaired) electrons. The quantitative estimate of drug-likeness (QED) is 0.859. The van der Waals surface area contributed by atoms with E-state index in [2.05, 4.69) is 40.4 Å². The van der Waals surface area contributed by atoms with Crippen molar-refractivity contribution in [3.63, 3.8) is 0 Å². The fourth-order valence-corrected chi connectivity index (χ4v) is 4.09. The van der Waals surface area contributed by atoms with E-state index in [0.717, 1.165) is 44.7 Å². The Morgan fingerprint density at radius 1 is 1.10 bits per heavy atom. The molecular weight excluding hydrogens is 262 g/mol. The summed E-state index contributed by atoms with van der Waals surface area (Å²) in [5.74, 6) is 0.212. The molecule has 0 aliphatic carbocycles. The maximum absolute atomic E-state index is 12.6. The smallest absolute Gasteiger partial charge is 0.235 e. The Hall–Kier alpha value is -1.55. The summed E-state index contributed by atoms with van der Waals surface area (Å²) in [5.41, 5.74) is 3.26. The zero-order valence-corrected chi connectivity index (χ0v) is 12.7. The minimum atomic E-state index is -0.272. The van der Waals surface area contributed by atoms with E-state index in [4.69, 9.17) is 0 Å². The molecule has 21 heavy (non-hydrogen) atoms. The van der Waals surface area contributed by atoms with Crippen LogP contribution in [0.5, 0.6) is 0 Å². The summed E-state index contributed by atoms with van der Waals surface area (Å²) in [6.07, 6.45) is 4.43. The molecule has 1 aromatic carbocycles. The van der Waals surface area contributed by atoms with Gasteiger partial charge in [-0.2, -0.15) is 0 Å². The van der Waals surface area contributed by atoms with Crippen LogP contribution in [0.25, 0.3) is 0 Å². The molecule has 0 unspecified atom stereocenters. The second kappa shape index (κ2) is 4.73. The molecule has 1 aromatic rings. The highest BCUT2D eigenvalue weighted by Crippen LogP contribution is 2.46. The molecule has 1 spiro atoms. The van der Waals surface area contributed by atoms with E-state index in [1.54, 1.807) is 0 Å². The summed E-state index contributed by atoms with van der Waals surface area (Å²) in [6.45, 7) is 4.28. The van der Waals surface area contributed by atoms with Gasteiger partial charge in [-0.3, -0.25) is 4.79 Å². The van der Waals surface area contributed by atoms with E-state index < -0.39 is 0 Å². The van der Waals surface area contributed by atoms with E-state index in [1.165, 1.54) is 24.1 Å². The van der Waals surface area contributed by atoms with Gasteiger partial charge in [-0.1, -0.05) is 6.07 Å². The summed E-state index contributed by atoms with van der Waals surface area (Å²) in [6, 6.07) is 6.60. The predicted molar refractivity (Wildman–Crippen MR) is 84.9 cm³/mol. The van der Waals surface area contributed by atoms with Crippen molar-refractivity contribution in [3.8, 4) is 0 Å². The number of hydrogen-bond acceptors (Lipinski definition) is 3. The monoisotopic (exact) mass is 285 g/mol. The molecule has 0 atom stereocenters. The number of nitrogens with one attached hydrogen (secondary N) is 1. The molecule has 3 aliphatic heterocycles. The maximum Gasteiger partial charge on any atom is 0.235 e. The van der Waals surface area contributed by atoms with E-state index in [0.29, 0.717) is 0 Å². The van der Waals surface area contributed by atoms with Gasteiger partial charge in [-0.25, -0.2) is 0 Å². The highest BCUT2D eigenvalue weighted by atomic mass is 16.2. The number of amides is 1. The van der Waals surface area contributed by atoms with Crippen molar-refractivity contribution in [2.75, 3.05) is 43.4 Å². The third-order valence-corrected chi connectivity index (χ3v) is 5.51. The Labute approximate surface area is 126 Å². The number of carbonyl (C=O) groups excluding carboxylic acids is 1. The Morgan fingerprint density at radius 2 is 1.81 bits per heavy atom. The lowest BCUT2D eigenvalue weighted by molar-refractivity contribution is -0.122. The molecule has 1 N–H and O–H groups in total. The van der Waals surface area contributed by atoms with Gasteiger partial charge in [0.2, 0.25) is 5.91 Å². The van der Waals surface area contributed by atoms with Crippen LogP contribution in [0.1, 0.15) is 31.2 Å². The van der Waals surface area contributed by atoms with Crippen molar-refractivity contribution in [2.24, 2.45) is 0 Å². The topological polar surface area (TPSA) is 35.6 Å².